The van der Waals surface area contributed by atoms with Crippen molar-refractivity contribution in [1.29, 1.82) is 0 Å². The molecule has 1 aromatic carbocycles. The van der Waals surface area contributed by atoms with Gasteiger partial charge in [0.2, 0.25) is 0 Å². The highest BCUT2D eigenvalue weighted by molar-refractivity contribution is 7.91. The number of carbonyl (C=O) groups excluding carboxylic acids is 2. The number of nitrogens with zero attached hydrogens (tertiary/aromatic N) is 1. The van der Waals surface area contributed by atoms with Crippen LogP contribution in [0.3, 0.4) is 0 Å². The molecule has 1 saturated heterocycles. The van der Waals surface area contributed by atoms with E-state index in [0.717, 1.165) is 6.07 Å². The van der Waals surface area contributed by atoms with E-state index in [0.29, 0.717) is 0 Å². The van der Waals surface area contributed by atoms with Gasteiger partial charge >= 0.3 is 11.8 Å². The summed E-state index contributed by atoms with van der Waals surface area (Å²) in [6.07, 6.45) is 0.238. The first-order valence-corrected chi connectivity index (χ1v) is 8.68. The summed E-state index contributed by atoms with van der Waals surface area (Å²) >= 11 is 0. The molecule has 0 aromatic heterocycles. The fourth-order valence-electron chi connectivity index (χ4n) is 2.25. The Morgan fingerprint density at radius 3 is 2.58 bits per heavy atom. The number of methoxy groups -OCH3 is 1. The number of ether oxygens (including phenoxy) is 1. The average Bonchev–Trinajstić information content (AvgIpc) is 2.85. The number of nitro benzene ring substituents is 1. The van der Waals surface area contributed by atoms with E-state index in [2.05, 4.69) is 10.6 Å². The van der Waals surface area contributed by atoms with Crippen LogP contribution in [0.4, 0.5) is 11.4 Å². The monoisotopic (exact) mass is 357 g/mol. The Bertz CT molecular complexity index is 791. The van der Waals surface area contributed by atoms with Gasteiger partial charge in [-0.15, -0.1) is 0 Å². The van der Waals surface area contributed by atoms with Crippen LogP contribution in [0.1, 0.15) is 6.42 Å². The van der Waals surface area contributed by atoms with Crippen molar-refractivity contribution in [2.75, 3.05) is 23.9 Å². The number of benzene rings is 1. The second kappa shape index (κ2) is 6.83. The Labute approximate surface area is 137 Å². The number of anilines is 1. The number of non-ortho nitro benzene ring substituents is 1. The third kappa shape index (κ3) is 4.19. The predicted molar refractivity (Wildman–Crippen MR) is 83.5 cm³/mol. The van der Waals surface area contributed by atoms with Crippen molar-refractivity contribution in [3.63, 3.8) is 0 Å². The van der Waals surface area contributed by atoms with E-state index in [-0.39, 0.29) is 35.1 Å². The van der Waals surface area contributed by atoms with Gasteiger partial charge in [0.1, 0.15) is 5.75 Å². The van der Waals surface area contributed by atoms with Crippen LogP contribution in [0.25, 0.3) is 0 Å². The molecule has 1 fully saturated rings. The summed E-state index contributed by atoms with van der Waals surface area (Å²) in [5.41, 5.74) is -0.320. The summed E-state index contributed by atoms with van der Waals surface area (Å²) in [6.45, 7) is 0. The molecule has 0 saturated carbocycles. The van der Waals surface area contributed by atoms with E-state index in [4.69, 9.17) is 4.74 Å². The van der Waals surface area contributed by atoms with E-state index in [1.807, 2.05) is 0 Å². The maximum Gasteiger partial charge on any atom is 0.313 e. The lowest BCUT2D eigenvalue weighted by molar-refractivity contribution is -0.384. The van der Waals surface area contributed by atoms with Crippen LogP contribution in [0.15, 0.2) is 18.2 Å². The van der Waals surface area contributed by atoms with Crippen LogP contribution in [0.2, 0.25) is 0 Å². The van der Waals surface area contributed by atoms with Crippen molar-refractivity contribution >= 4 is 33.0 Å². The molecule has 2 rings (SSSR count). The largest absolute Gasteiger partial charge is 0.495 e. The summed E-state index contributed by atoms with van der Waals surface area (Å²) in [7, 11) is -1.89. The second-order valence-corrected chi connectivity index (χ2v) is 7.40. The Hall–Kier alpha value is -2.69. The molecule has 2 amide bonds. The Morgan fingerprint density at radius 1 is 1.33 bits per heavy atom. The first-order valence-electron chi connectivity index (χ1n) is 6.86. The molecule has 0 aliphatic carbocycles. The molecule has 1 aliphatic heterocycles. The van der Waals surface area contributed by atoms with Crippen LogP contribution < -0.4 is 15.4 Å². The van der Waals surface area contributed by atoms with Gasteiger partial charge in [-0.05, 0) is 12.5 Å². The van der Waals surface area contributed by atoms with Crippen molar-refractivity contribution in [2.24, 2.45) is 0 Å². The highest BCUT2D eigenvalue weighted by Crippen LogP contribution is 2.28. The zero-order valence-electron chi connectivity index (χ0n) is 12.6. The molecule has 1 heterocycles. The van der Waals surface area contributed by atoms with Crippen molar-refractivity contribution in [1.82, 2.24) is 5.32 Å². The van der Waals surface area contributed by atoms with Gasteiger partial charge < -0.3 is 15.4 Å². The second-order valence-electron chi connectivity index (χ2n) is 5.17. The minimum absolute atomic E-state index is 0.0362. The average molecular weight is 357 g/mol. The molecule has 0 radical (unpaired) electrons. The Morgan fingerprint density at radius 2 is 2.04 bits per heavy atom. The van der Waals surface area contributed by atoms with Crippen LogP contribution in [-0.2, 0) is 19.4 Å². The number of amides is 2. The highest BCUT2D eigenvalue weighted by atomic mass is 32.2. The first kappa shape index (κ1) is 17.7. The van der Waals surface area contributed by atoms with Crippen LogP contribution in [0, 0.1) is 10.1 Å². The Kier molecular flexibility index (Phi) is 5.02. The molecule has 0 spiro atoms. The van der Waals surface area contributed by atoms with E-state index in [9.17, 15) is 28.1 Å². The van der Waals surface area contributed by atoms with Crippen molar-refractivity contribution in [3.8, 4) is 5.75 Å². The fraction of sp³-hybridized carbons (Fsp3) is 0.385. The summed E-state index contributed by atoms with van der Waals surface area (Å²) < 4.78 is 27.6. The number of nitrogens with one attached hydrogen (secondary N) is 2. The zero-order valence-corrected chi connectivity index (χ0v) is 13.5. The van der Waals surface area contributed by atoms with E-state index < -0.39 is 32.6 Å². The smallest absolute Gasteiger partial charge is 0.313 e. The molecule has 130 valence electrons. The van der Waals surface area contributed by atoms with Gasteiger partial charge in [0, 0.05) is 18.2 Å². The third-order valence-electron chi connectivity index (χ3n) is 3.42. The molecule has 0 bridgehead atoms. The van der Waals surface area contributed by atoms with Crippen LogP contribution in [-0.4, -0.2) is 49.8 Å². The molecule has 1 atom stereocenters. The van der Waals surface area contributed by atoms with Gasteiger partial charge in [-0.1, -0.05) is 0 Å². The molecule has 1 aromatic rings. The number of nitro groups is 1. The normalized spacial score (nSPS) is 18.6. The zero-order chi connectivity index (χ0) is 17.9. The number of rotatable bonds is 4. The summed E-state index contributed by atoms with van der Waals surface area (Å²) in [4.78, 5) is 33.9. The fourth-order valence-corrected chi connectivity index (χ4v) is 3.92. The van der Waals surface area contributed by atoms with E-state index in [1.165, 1.54) is 19.2 Å². The predicted octanol–water partition coefficient (Wildman–Crippen LogP) is -0.155. The Balaban J connectivity index is 2.07. The number of carbonyl (C=O) groups is 2. The standard InChI is InChI=1S/C13H15N3O7S/c1-23-11-3-2-9(16(19)20)6-10(11)15-13(18)12(17)14-8-4-5-24(21,22)7-8/h2-3,6,8H,4-5,7H2,1H3,(H,14,17)(H,15,18). The van der Waals surface area contributed by atoms with E-state index in [1.54, 1.807) is 0 Å². The van der Waals surface area contributed by atoms with Crippen molar-refractivity contribution < 1.29 is 27.7 Å². The summed E-state index contributed by atoms with van der Waals surface area (Å²) in [5.74, 6) is -2.21. The minimum atomic E-state index is -3.19. The molecule has 1 unspecified atom stereocenters. The summed E-state index contributed by atoms with van der Waals surface area (Å²) in [6, 6.07) is 2.91. The highest BCUT2D eigenvalue weighted by Gasteiger charge is 2.30. The topological polar surface area (TPSA) is 145 Å². The lowest BCUT2D eigenvalue weighted by Crippen LogP contribution is -2.42. The maximum atomic E-state index is 11.9. The molecule has 10 nitrogen and oxygen atoms in total. The van der Waals surface area contributed by atoms with Gasteiger partial charge in [-0.2, -0.15) is 0 Å². The van der Waals surface area contributed by atoms with Gasteiger partial charge in [0.25, 0.3) is 5.69 Å². The molecular weight excluding hydrogens is 342 g/mol. The lowest BCUT2D eigenvalue weighted by atomic mass is 10.2. The third-order valence-corrected chi connectivity index (χ3v) is 5.18. The van der Waals surface area contributed by atoms with Crippen LogP contribution >= 0.6 is 0 Å². The van der Waals surface area contributed by atoms with Gasteiger partial charge in [-0.25, -0.2) is 8.42 Å². The number of hydrogen-bond donors (Lipinski definition) is 2. The van der Waals surface area contributed by atoms with Crippen molar-refractivity contribution in [2.45, 2.75) is 12.5 Å². The SMILES string of the molecule is COc1ccc([N+](=O)[O-])cc1NC(=O)C(=O)NC1CCS(=O)(=O)C1. The molecule has 2 N–H and O–H groups in total. The maximum absolute atomic E-state index is 11.9. The molecule has 1 aliphatic rings. The minimum Gasteiger partial charge on any atom is -0.495 e. The number of sulfone groups is 1. The first-order chi connectivity index (χ1) is 11.2. The number of hydrogen-bond acceptors (Lipinski definition) is 7. The van der Waals surface area contributed by atoms with Crippen LogP contribution in [0.5, 0.6) is 5.75 Å². The van der Waals surface area contributed by atoms with E-state index >= 15 is 0 Å². The van der Waals surface area contributed by atoms with Crippen molar-refractivity contribution in [3.05, 3.63) is 28.3 Å². The lowest BCUT2D eigenvalue weighted by Gasteiger charge is -2.12. The molecule has 11 heteroatoms. The van der Waals surface area contributed by atoms with Gasteiger partial charge in [0.15, 0.2) is 9.84 Å². The van der Waals surface area contributed by atoms with Gasteiger partial charge in [-0.3, -0.25) is 19.7 Å². The molecular formula is C13H15N3O7S. The van der Waals surface area contributed by atoms with Gasteiger partial charge in [0.05, 0.1) is 29.2 Å². The molecule has 24 heavy (non-hydrogen) atoms. The quantitative estimate of drug-likeness (QED) is 0.433. The summed E-state index contributed by atoms with van der Waals surface area (Å²) in [5, 5.41) is 15.3.